The maximum absolute atomic E-state index is 13.0. The lowest BCUT2D eigenvalue weighted by atomic mass is 10.2. The predicted octanol–water partition coefficient (Wildman–Crippen LogP) is 2.80. The minimum atomic E-state index is -4.81. The number of benzene rings is 1. The number of rotatable bonds is 5. The minimum absolute atomic E-state index is 0.0310. The van der Waals surface area contributed by atoms with Gasteiger partial charge in [-0.2, -0.15) is 4.31 Å². The monoisotopic (exact) mass is 447 g/mol. The van der Waals surface area contributed by atoms with Gasteiger partial charge >= 0.3 is 6.36 Å². The Labute approximate surface area is 171 Å². The second-order valence-electron chi connectivity index (χ2n) is 6.62. The summed E-state index contributed by atoms with van der Waals surface area (Å²) in [5, 5.41) is 2.53. The third-order valence-electron chi connectivity index (χ3n) is 4.51. The van der Waals surface area contributed by atoms with Crippen LogP contribution in [-0.4, -0.2) is 56.3 Å². The van der Waals surface area contributed by atoms with Crippen molar-refractivity contribution in [2.24, 2.45) is 0 Å². The van der Waals surface area contributed by atoms with Crippen LogP contribution >= 0.6 is 0 Å². The van der Waals surface area contributed by atoms with E-state index in [4.69, 9.17) is 4.74 Å². The fourth-order valence-corrected chi connectivity index (χ4v) is 5.01. The molecule has 0 spiro atoms. The molecule has 1 aliphatic heterocycles. The Balaban J connectivity index is 1.80. The zero-order valence-electron chi connectivity index (χ0n) is 16.2. The zero-order chi connectivity index (χ0) is 22.1. The smallest absolute Gasteiger partial charge is 0.406 e. The Morgan fingerprint density at radius 1 is 1.17 bits per heavy atom. The van der Waals surface area contributed by atoms with Crippen molar-refractivity contribution in [2.45, 2.75) is 25.1 Å². The summed E-state index contributed by atoms with van der Waals surface area (Å²) in [6, 6.07) is 4.61. The molecule has 30 heavy (non-hydrogen) atoms. The first kappa shape index (κ1) is 22.1. The fraction of sp³-hybridized carbons (Fsp3) is 0.389. The number of halogens is 3. The molecule has 1 aliphatic rings. The molecule has 0 bridgehead atoms. The molecule has 0 atom stereocenters. The van der Waals surface area contributed by atoms with E-state index in [0.717, 1.165) is 12.1 Å². The van der Waals surface area contributed by atoms with Crippen LogP contribution in [0.4, 0.5) is 18.9 Å². The van der Waals surface area contributed by atoms with E-state index in [1.807, 2.05) is 0 Å². The number of nitrogens with one attached hydrogen (secondary N) is 2. The molecule has 2 N–H and O–H groups in total. The fourth-order valence-electron chi connectivity index (χ4n) is 3.20. The number of nitrogens with zero attached hydrogens (tertiary/aromatic N) is 1. The number of hydrogen-bond donors (Lipinski definition) is 2. The Hall–Kier alpha value is -2.57. The average Bonchev–Trinajstić information content (AvgIpc) is 2.98. The number of carbonyl (C=O) groups is 1. The molecular formula is C18H20F3N3O5S. The summed E-state index contributed by atoms with van der Waals surface area (Å²) in [6.45, 7) is 4.11. The summed E-state index contributed by atoms with van der Waals surface area (Å²) >= 11 is 0. The van der Waals surface area contributed by atoms with Crippen LogP contribution in [0.3, 0.4) is 0 Å². The summed E-state index contributed by atoms with van der Waals surface area (Å²) in [7, 11) is -3.81. The van der Waals surface area contributed by atoms with Gasteiger partial charge in [0.2, 0.25) is 10.0 Å². The van der Waals surface area contributed by atoms with Crippen LogP contribution in [0.25, 0.3) is 0 Å². The zero-order valence-corrected chi connectivity index (χ0v) is 17.0. The Morgan fingerprint density at radius 3 is 2.33 bits per heavy atom. The van der Waals surface area contributed by atoms with Crippen molar-refractivity contribution in [3.05, 3.63) is 41.2 Å². The number of anilines is 1. The molecule has 0 radical (unpaired) electrons. The third kappa shape index (κ3) is 4.77. The van der Waals surface area contributed by atoms with Crippen molar-refractivity contribution in [3.8, 4) is 5.75 Å². The highest BCUT2D eigenvalue weighted by Gasteiger charge is 2.33. The normalized spacial score (nSPS) is 15.8. The molecule has 0 aliphatic carbocycles. The second-order valence-corrected chi connectivity index (χ2v) is 8.50. The first-order valence-corrected chi connectivity index (χ1v) is 10.4. The molecule has 0 saturated carbocycles. The maximum atomic E-state index is 13.0. The molecule has 3 rings (SSSR count). The Bertz CT molecular complexity index is 1030. The van der Waals surface area contributed by atoms with E-state index in [-0.39, 0.29) is 34.9 Å². The molecule has 12 heteroatoms. The van der Waals surface area contributed by atoms with Crippen molar-refractivity contribution in [3.63, 3.8) is 0 Å². The first-order chi connectivity index (χ1) is 14.0. The summed E-state index contributed by atoms with van der Waals surface area (Å²) in [5.74, 6) is -1.05. The standard InChI is InChI=1S/C18H20F3N3O5S/c1-11-15(17(25)23-13-3-5-14(6-4-13)29-18(19,20)21)22-12(2)16(11)30(26,27)24-7-9-28-10-8-24/h3-6,22H,7-10H2,1-2H3,(H,23,25). The number of alkyl halides is 3. The summed E-state index contributed by atoms with van der Waals surface area (Å²) < 4.78 is 72.9. The number of amides is 1. The summed E-state index contributed by atoms with van der Waals surface area (Å²) in [5.41, 5.74) is 0.848. The van der Waals surface area contributed by atoms with Gasteiger partial charge in [-0.25, -0.2) is 8.42 Å². The predicted molar refractivity (Wildman–Crippen MR) is 101 cm³/mol. The SMILES string of the molecule is Cc1[nH]c(C(=O)Nc2ccc(OC(F)(F)F)cc2)c(C)c1S(=O)(=O)N1CCOCC1. The van der Waals surface area contributed by atoms with E-state index in [0.29, 0.717) is 18.9 Å². The molecule has 2 heterocycles. The van der Waals surface area contributed by atoms with Gasteiger partial charge in [-0.3, -0.25) is 4.79 Å². The molecule has 0 unspecified atom stereocenters. The Kier molecular flexibility index (Phi) is 6.11. The van der Waals surface area contributed by atoms with Crippen LogP contribution in [0.15, 0.2) is 29.2 Å². The van der Waals surface area contributed by atoms with Gasteiger partial charge in [0, 0.05) is 24.5 Å². The van der Waals surface area contributed by atoms with E-state index in [1.54, 1.807) is 6.92 Å². The number of ether oxygens (including phenoxy) is 2. The highest BCUT2D eigenvalue weighted by atomic mass is 32.2. The quantitative estimate of drug-likeness (QED) is 0.734. The number of sulfonamides is 1. The van der Waals surface area contributed by atoms with Crippen LogP contribution in [0.1, 0.15) is 21.7 Å². The molecule has 2 aromatic rings. The number of aryl methyl sites for hydroxylation is 1. The van der Waals surface area contributed by atoms with Crippen LogP contribution in [0.2, 0.25) is 0 Å². The van der Waals surface area contributed by atoms with Crippen LogP contribution < -0.4 is 10.1 Å². The Morgan fingerprint density at radius 2 is 1.77 bits per heavy atom. The number of hydrogen-bond acceptors (Lipinski definition) is 5. The number of aromatic amines is 1. The summed E-state index contributed by atoms with van der Waals surface area (Å²) in [4.78, 5) is 15.5. The van der Waals surface area contributed by atoms with Crippen molar-refractivity contribution in [2.75, 3.05) is 31.6 Å². The summed E-state index contributed by atoms with van der Waals surface area (Å²) in [6.07, 6.45) is -4.81. The number of aromatic nitrogens is 1. The number of H-pyrrole nitrogens is 1. The third-order valence-corrected chi connectivity index (χ3v) is 6.68. The molecule has 1 aromatic heterocycles. The molecule has 8 nitrogen and oxygen atoms in total. The van der Waals surface area contributed by atoms with Gasteiger partial charge in [0.05, 0.1) is 13.2 Å². The van der Waals surface area contributed by atoms with Crippen molar-refractivity contribution < 1.29 is 35.9 Å². The largest absolute Gasteiger partial charge is 0.573 e. The lowest BCUT2D eigenvalue weighted by Gasteiger charge is -2.26. The lowest BCUT2D eigenvalue weighted by Crippen LogP contribution is -2.40. The van der Waals surface area contributed by atoms with Crippen molar-refractivity contribution in [1.82, 2.24) is 9.29 Å². The topological polar surface area (TPSA) is 101 Å². The van der Waals surface area contributed by atoms with Gasteiger partial charge in [0.25, 0.3) is 5.91 Å². The van der Waals surface area contributed by atoms with E-state index >= 15 is 0 Å². The van der Waals surface area contributed by atoms with Gasteiger partial charge < -0.3 is 19.8 Å². The molecular weight excluding hydrogens is 427 g/mol. The van der Waals surface area contributed by atoms with E-state index in [2.05, 4.69) is 15.0 Å². The molecule has 1 saturated heterocycles. The van der Waals surface area contributed by atoms with E-state index in [1.165, 1.54) is 23.4 Å². The average molecular weight is 447 g/mol. The van der Waals surface area contributed by atoms with E-state index in [9.17, 15) is 26.4 Å². The molecule has 1 fully saturated rings. The van der Waals surface area contributed by atoms with Crippen LogP contribution in [0, 0.1) is 13.8 Å². The first-order valence-electron chi connectivity index (χ1n) is 8.93. The highest BCUT2D eigenvalue weighted by Crippen LogP contribution is 2.28. The number of carbonyl (C=O) groups excluding carboxylic acids is 1. The van der Waals surface area contributed by atoms with Crippen molar-refractivity contribution in [1.29, 1.82) is 0 Å². The van der Waals surface area contributed by atoms with Gasteiger partial charge in [-0.05, 0) is 43.7 Å². The van der Waals surface area contributed by atoms with Gasteiger partial charge in [-0.15, -0.1) is 13.2 Å². The van der Waals surface area contributed by atoms with Crippen LogP contribution in [0.5, 0.6) is 5.75 Å². The lowest BCUT2D eigenvalue weighted by molar-refractivity contribution is -0.274. The molecule has 1 amide bonds. The highest BCUT2D eigenvalue weighted by molar-refractivity contribution is 7.89. The second kappa shape index (κ2) is 8.28. The maximum Gasteiger partial charge on any atom is 0.573 e. The van der Waals surface area contributed by atoms with Crippen LogP contribution in [-0.2, 0) is 14.8 Å². The van der Waals surface area contributed by atoms with Gasteiger partial charge in [0.1, 0.15) is 16.3 Å². The van der Waals surface area contributed by atoms with Crippen molar-refractivity contribution >= 4 is 21.6 Å². The van der Waals surface area contributed by atoms with Gasteiger partial charge in [0.15, 0.2) is 0 Å². The van der Waals surface area contributed by atoms with Gasteiger partial charge in [-0.1, -0.05) is 0 Å². The molecule has 1 aromatic carbocycles. The molecule has 164 valence electrons. The van der Waals surface area contributed by atoms with E-state index < -0.39 is 28.0 Å². The minimum Gasteiger partial charge on any atom is -0.406 e. The number of morpholine rings is 1.